The molecular formula is C29H38N6O3. The second-order valence-corrected chi connectivity index (χ2v) is 10.9. The molecule has 5 rings (SSSR count). The molecular weight excluding hydrogens is 480 g/mol. The first kappa shape index (κ1) is 26.2. The number of urea groups is 1. The summed E-state index contributed by atoms with van der Waals surface area (Å²) in [5, 5.41) is 7.33. The summed E-state index contributed by atoms with van der Waals surface area (Å²) in [7, 11) is 0. The Morgan fingerprint density at radius 2 is 1.87 bits per heavy atom. The van der Waals surface area contributed by atoms with Crippen molar-refractivity contribution in [2.45, 2.75) is 65.1 Å². The lowest BCUT2D eigenvalue weighted by Gasteiger charge is -2.26. The number of carbonyl (C=O) groups excluding carboxylic acids is 1. The van der Waals surface area contributed by atoms with Crippen molar-refractivity contribution >= 4 is 23.0 Å². The van der Waals surface area contributed by atoms with E-state index in [4.69, 9.17) is 9.72 Å². The summed E-state index contributed by atoms with van der Waals surface area (Å²) in [6, 6.07) is 10.0. The summed E-state index contributed by atoms with van der Waals surface area (Å²) in [5.74, 6) is 0.852. The first-order chi connectivity index (χ1) is 18.3. The van der Waals surface area contributed by atoms with Crippen LogP contribution in [-0.2, 0) is 4.74 Å². The average Bonchev–Trinajstić information content (AvgIpc) is 3.38. The lowest BCUT2D eigenvalue weighted by atomic mass is 10.00. The molecule has 202 valence electrons. The molecule has 9 nitrogen and oxygen atoms in total. The van der Waals surface area contributed by atoms with Gasteiger partial charge in [0.25, 0.3) is 5.56 Å². The minimum Gasteiger partial charge on any atom is -0.381 e. The highest BCUT2D eigenvalue weighted by molar-refractivity contribution is 5.82. The number of hydrogen-bond acceptors (Lipinski definition) is 6. The Bertz CT molecular complexity index is 1360. The minimum atomic E-state index is -0.0358. The number of likely N-dealkylation sites (tertiary alicyclic amines) is 1. The molecule has 2 aromatic heterocycles. The van der Waals surface area contributed by atoms with Gasteiger partial charge in [-0.25, -0.2) is 9.78 Å². The van der Waals surface area contributed by atoms with Crippen molar-refractivity contribution in [1.82, 2.24) is 24.8 Å². The van der Waals surface area contributed by atoms with E-state index < -0.39 is 0 Å². The number of aryl methyl sites for hydroxylation is 1. The molecule has 4 heterocycles. The number of amides is 2. The molecule has 38 heavy (non-hydrogen) atoms. The van der Waals surface area contributed by atoms with Crippen LogP contribution in [0.3, 0.4) is 0 Å². The molecule has 0 saturated carbocycles. The van der Waals surface area contributed by atoms with E-state index in [1.807, 2.05) is 53.6 Å². The van der Waals surface area contributed by atoms with Gasteiger partial charge in [0.15, 0.2) is 0 Å². The van der Waals surface area contributed by atoms with Crippen LogP contribution in [0.5, 0.6) is 0 Å². The van der Waals surface area contributed by atoms with Crippen molar-refractivity contribution in [1.29, 1.82) is 0 Å². The van der Waals surface area contributed by atoms with Gasteiger partial charge in [-0.15, -0.1) is 0 Å². The average molecular weight is 519 g/mol. The zero-order valence-electron chi connectivity index (χ0n) is 22.7. The Morgan fingerprint density at radius 3 is 2.61 bits per heavy atom. The van der Waals surface area contributed by atoms with Crippen LogP contribution in [0.25, 0.3) is 22.2 Å². The highest BCUT2D eigenvalue weighted by Gasteiger charge is 2.28. The highest BCUT2D eigenvalue weighted by Crippen LogP contribution is 2.28. The number of hydrogen-bond donors (Lipinski definition) is 2. The van der Waals surface area contributed by atoms with Gasteiger partial charge in [-0.1, -0.05) is 38.1 Å². The Hall–Kier alpha value is -3.46. The van der Waals surface area contributed by atoms with E-state index in [2.05, 4.69) is 29.5 Å². The zero-order chi connectivity index (χ0) is 26.8. The molecule has 2 atom stereocenters. The van der Waals surface area contributed by atoms with Crippen LogP contribution in [0.4, 0.5) is 10.7 Å². The maximum absolute atomic E-state index is 13.9. The van der Waals surface area contributed by atoms with Gasteiger partial charge in [0.2, 0.25) is 5.95 Å². The Balaban J connectivity index is 1.44. The lowest BCUT2D eigenvalue weighted by Crippen LogP contribution is -2.45. The number of nitrogens with one attached hydrogen (secondary N) is 2. The van der Waals surface area contributed by atoms with Gasteiger partial charge in [-0.3, -0.25) is 9.36 Å². The quantitative estimate of drug-likeness (QED) is 0.503. The van der Waals surface area contributed by atoms with Crippen LogP contribution in [0.15, 0.2) is 41.3 Å². The number of aromatic nitrogens is 3. The van der Waals surface area contributed by atoms with Gasteiger partial charge in [0.1, 0.15) is 5.65 Å². The fraction of sp³-hybridized carbons (Fsp3) is 0.517. The standard InChI is InChI=1S/C29H38N6O3/c1-18(2)20(4)31-29(37)34-12-9-22(17-34)32-28-30-16-21-15-25(24-8-6-5-7-19(24)3)27(36)35(26(21)33-28)23-10-13-38-14-11-23/h5-8,15-16,18,20,22-23H,9-14,17H2,1-4H3,(H,31,37)(H,30,32,33)/t20-,22?/m0/s1. The Morgan fingerprint density at radius 1 is 1.11 bits per heavy atom. The first-order valence-corrected chi connectivity index (χ1v) is 13.7. The molecule has 1 aromatic carbocycles. The van der Waals surface area contributed by atoms with E-state index in [0.29, 0.717) is 49.4 Å². The smallest absolute Gasteiger partial charge is 0.317 e. The number of benzene rings is 1. The monoisotopic (exact) mass is 518 g/mol. The summed E-state index contributed by atoms with van der Waals surface area (Å²) in [5.41, 5.74) is 3.25. The third-order valence-corrected chi connectivity index (χ3v) is 7.92. The van der Waals surface area contributed by atoms with Crippen LogP contribution >= 0.6 is 0 Å². The van der Waals surface area contributed by atoms with Gasteiger partial charge < -0.3 is 20.3 Å². The number of nitrogens with zero attached hydrogens (tertiary/aromatic N) is 4. The number of pyridine rings is 1. The molecule has 2 N–H and O–H groups in total. The van der Waals surface area contributed by atoms with E-state index in [1.54, 1.807) is 6.20 Å². The van der Waals surface area contributed by atoms with E-state index in [1.165, 1.54) is 0 Å². The SMILES string of the molecule is Cc1ccccc1-c1cc2cnc(NC3CCN(C(=O)N[C@@H](C)C(C)C)C3)nc2n(C2CCOCC2)c1=O. The van der Waals surface area contributed by atoms with E-state index in [0.717, 1.165) is 35.8 Å². The molecule has 0 aliphatic carbocycles. The maximum atomic E-state index is 13.9. The molecule has 2 aliphatic rings. The molecule has 3 aromatic rings. The number of ether oxygens (including phenoxy) is 1. The van der Waals surface area contributed by atoms with Gasteiger partial charge in [-0.2, -0.15) is 4.98 Å². The summed E-state index contributed by atoms with van der Waals surface area (Å²) < 4.78 is 7.44. The van der Waals surface area contributed by atoms with Crippen LogP contribution in [0.1, 0.15) is 51.6 Å². The third-order valence-electron chi connectivity index (χ3n) is 7.92. The fourth-order valence-corrected chi connectivity index (χ4v) is 5.24. The molecule has 2 aliphatic heterocycles. The summed E-state index contributed by atoms with van der Waals surface area (Å²) >= 11 is 0. The first-order valence-electron chi connectivity index (χ1n) is 13.7. The zero-order valence-corrected chi connectivity index (χ0v) is 22.7. The summed E-state index contributed by atoms with van der Waals surface area (Å²) in [6.07, 6.45) is 4.14. The normalized spacial score (nSPS) is 19.2. The molecule has 0 spiro atoms. The van der Waals surface area contributed by atoms with Crippen LogP contribution in [0, 0.1) is 12.8 Å². The van der Waals surface area contributed by atoms with Crippen LogP contribution in [0.2, 0.25) is 0 Å². The van der Waals surface area contributed by atoms with Gasteiger partial charge in [0, 0.05) is 61.6 Å². The Kier molecular flexibility index (Phi) is 7.65. The number of anilines is 1. The minimum absolute atomic E-state index is 0.0130. The lowest BCUT2D eigenvalue weighted by molar-refractivity contribution is 0.0697. The van der Waals surface area contributed by atoms with Crippen LogP contribution in [-0.4, -0.2) is 63.9 Å². The number of fused-ring (bicyclic) bond motifs is 1. The second kappa shape index (κ2) is 11.1. The van der Waals surface area contributed by atoms with Crippen molar-refractivity contribution < 1.29 is 9.53 Å². The molecule has 0 bridgehead atoms. The van der Waals surface area contributed by atoms with Crippen molar-refractivity contribution in [3.05, 3.63) is 52.4 Å². The second-order valence-electron chi connectivity index (χ2n) is 10.9. The third kappa shape index (κ3) is 5.38. The molecule has 2 amide bonds. The highest BCUT2D eigenvalue weighted by atomic mass is 16.5. The fourth-order valence-electron chi connectivity index (χ4n) is 5.24. The van der Waals surface area contributed by atoms with Gasteiger partial charge >= 0.3 is 6.03 Å². The van der Waals surface area contributed by atoms with Crippen molar-refractivity contribution in [2.75, 3.05) is 31.6 Å². The summed E-state index contributed by atoms with van der Waals surface area (Å²) in [6.45, 7) is 10.7. The molecule has 2 fully saturated rings. The molecule has 1 unspecified atom stereocenters. The predicted molar refractivity (Wildman–Crippen MR) is 149 cm³/mol. The van der Waals surface area contributed by atoms with E-state index >= 15 is 0 Å². The molecule has 0 radical (unpaired) electrons. The van der Waals surface area contributed by atoms with Gasteiger partial charge in [0.05, 0.1) is 0 Å². The maximum Gasteiger partial charge on any atom is 0.317 e. The predicted octanol–water partition coefficient (Wildman–Crippen LogP) is 4.36. The molecule has 2 saturated heterocycles. The van der Waals surface area contributed by atoms with Crippen molar-refractivity contribution in [3.63, 3.8) is 0 Å². The van der Waals surface area contributed by atoms with Crippen molar-refractivity contribution in [2.24, 2.45) is 5.92 Å². The largest absolute Gasteiger partial charge is 0.381 e. The molecule has 9 heteroatoms. The number of carbonyl (C=O) groups is 1. The van der Waals surface area contributed by atoms with Gasteiger partial charge in [-0.05, 0) is 56.2 Å². The van der Waals surface area contributed by atoms with E-state index in [9.17, 15) is 9.59 Å². The van der Waals surface area contributed by atoms with Crippen LogP contribution < -0.4 is 16.2 Å². The van der Waals surface area contributed by atoms with Crippen molar-refractivity contribution in [3.8, 4) is 11.1 Å². The Labute approximate surface area is 223 Å². The number of rotatable bonds is 6. The summed E-state index contributed by atoms with van der Waals surface area (Å²) in [4.78, 5) is 37.9. The topological polar surface area (TPSA) is 101 Å². The van der Waals surface area contributed by atoms with E-state index in [-0.39, 0.29) is 29.7 Å².